The molecule has 0 aromatic heterocycles. The van der Waals surface area contributed by atoms with E-state index in [9.17, 15) is 14.7 Å². The van der Waals surface area contributed by atoms with E-state index >= 15 is 0 Å². The third kappa shape index (κ3) is 8.24. The molecule has 3 atom stereocenters. The van der Waals surface area contributed by atoms with Crippen molar-refractivity contribution in [3.8, 4) is 0 Å². The fourth-order valence-corrected chi connectivity index (χ4v) is 3.73. The van der Waals surface area contributed by atoms with Crippen LogP contribution in [-0.4, -0.2) is 23.1 Å². The van der Waals surface area contributed by atoms with Crippen LogP contribution in [0.25, 0.3) is 0 Å². The molecule has 1 aliphatic carbocycles. The van der Waals surface area contributed by atoms with E-state index in [4.69, 9.17) is 4.74 Å². The predicted octanol–water partition coefficient (Wildman–Crippen LogP) is 5.44. The smallest absolute Gasteiger partial charge is 0.310 e. The Morgan fingerprint density at radius 2 is 1.48 bits per heavy atom. The third-order valence-corrected chi connectivity index (χ3v) is 5.42. The minimum Gasteiger partial charge on any atom is -0.481 e. The van der Waals surface area contributed by atoms with Gasteiger partial charge in [0.2, 0.25) is 0 Å². The van der Waals surface area contributed by atoms with Crippen LogP contribution < -0.4 is 0 Å². The molecule has 0 aromatic rings. The molecule has 0 aromatic carbocycles. The molecule has 146 valence electrons. The van der Waals surface area contributed by atoms with Gasteiger partial charge in [0, 0.05) is 0 Å². The molecule has 4 nitrogen and oxygen atoms in total. The Labute approximate surface area is 153 Å². The van der Waals surface area contributed by atoms with Crippen LogP contribution in [0.3, 0.4) is 0 Å². The molecule has 0 heterocycles. The second kappa shape index (κ2) is 11.5. The Hall–Kier alpha value is -1.06. The van der Waals surface area contributed by atoms with Gasteiger partial charge in [-0.25, -0.2) is 0 Å². The van der Waals surface area contributed by atoms with Gasteiger partial charge >= 0.3 is 11.9 Å². The summed E-state index contributed by atoms with van der Waals surface area (Å²) >= 11 is 0. The van der Waals surface area contributed by atoms with Crippen LogP contribution >= 0.6 is 0 Å². The van der Waals surface area contributed by atoms with Crippen LogP contribution in [0, 0.1) is 23.7 Å². The molecule has 0 amide bonds. The van der Waals surface area contributed by atoms with Crippen molar-refractivity contribution < 1.29 is 19.4 Å². The summed E-state index contributed by atoms with van der Waals surface area (Å²) in [7, 11) is 0. The second-order valence-electron chi connectivity index (χ2n) is 8.44. The zero-order valence-corrected chi connectivity index (χ0v) is 16.6. The zero-order valence-electron chi connectivity index (χ0n) is 16.6. The summed E-state index contributed by atoms with van der Waals surface area (Å²) < 4.78 is 5.77. The summed E-state index contributed by atoms with van der Waals surface area (Å²) in [6.07, 6.45) is 9.89. The maximum Gasteiger partial charge on any atom is 0.310 e. The van der Waals surface area contributed by atoms with Gasteiger partial charge in [0.1, 0.15) is 6.10 Å². The van der Waals surface area contributed by atoms with Crippen molar-refractivity contribution in [1.29, 1.82) is 0 Å². The van der Waals surface area contributed by atoms with Gasteiger partial charge in [0.05, 0.1) is 11.8 Å². The minimum absolute atomic E-state index is 0.0889. The zero-order chi connectivity index (χ0) is 18.8. The lowest BCUT2D eigenvalue weighted by Gasteiger charge is -2.30. The Morgan fingerprint density at radius 3 is 2.00 bits per heavy atom. The number of hydrogen-bond donors (Lipinski definition) is 1. The molecule has 4 heteroatoms. The van der Waals surface area contributed by atoms with Crippen molar-refractivity contribution in [1.82, 2.24) is 0 Å². The lowest BCUT2D eigenvalue weighted by molar-refractivity contribution is -0.165. The van der Waals surface area contributed by atoms with Gasteiger partial charge in [-0.1, -0.05) is 66.2 Å². The van der Waals surface area contributed by atoms with Gasteiger partial charge in [0.15, 0.2) is 0 Å². The summed E-state index contributed by atoms with van der Waals surface area (Å²) in [6.45, 7) is 8.66. The first-order valence-electron chi connectivity index (χ1n) is 10.3. The number of unbranched alkanes of at least 4 members (excludes halogenated alkanes) is 3. The number of rotatable bonds is 11. The molecule has 0 saturated heterocycles. The molecular formula is C21H38O4. The van der Waals surface area contributed by atoms with Gasteiger partial charge in [-0.15, -0.1) is 0 Å². The van der Waals surface area contributed by atoms with Gasteiger partial charge in [-0.3, -0.25) is 9.59 Å². The summed E-state index contributed by atoms with van der Waals surface area (Å²) in [6, 6.07) is 0. The Morgan fingerprint density at radius 1 is 0.920 bits per heavy atom. The molecular weight excluding hydrogens is 316 g/mol. The molecule has 1 aliphatic rings. The highest BCUT2D eigenvalue weighted by atomic mass is 16.5. The van der Waals surface area contributed by atoms with E-state index in [1.807, 2.05) is 0 Å². The molecule has 0 bridgehead atoms. The summed E-state index contributed by atoms with van der Waals surface area (Å²) in [5, 5.41) is 9.36. The largest absolute Gasteiger partial charge is 0.481 e. The van der Waals surface area contributed by atoms with Crippen LogP contribution in [0.5, 0.6) is 0 Å². The lowest BCUT2D eigenvalue weighted by atomic mass is 9.79. The highest BCUT2D eigenvalue weighted by Crippen LogP contribution is 2.32. The first-order valence-corrected chi connectivity index (χ1v) is 10.3. The maximum atomic E-state index is 12.6. The van der Waals surface area contributed by atoms with E-state index in [1.54, 1.807) is 0 Å². The fraction of sp³-hybridized carbons (Fsp3) is 0.905. The maximum absolute atomic E-state index is 12.6. The van der Waals surface area contributed by atoms with Gasteiger partial charge in [-0.2, -0.15) is 0 Å². The quantitative estimate of drug-likeness (QED) is 0.396. The first-order chi connectivity index (χ1) is 11.8. The van der Waals surface area contributed by atoms with E-state index in [-0.39, 0.29) is 18.0 Å². The average Bonchev–Trinajstić information content (AvgIpc) is 2.56. The van der Waals surface area contributed by atoms with Crippen LogP contribution in [0.15, 0.2) is 0 Å². The number of aliphatic carboxylic acids is 1. The minimum atomic E-state index is -0.854. The normalized spacial score (nSPS) is 22.2. The van der Waals surface area contributed by atoms with Crippen LogP contribution in [0.1, 0.15) is 91.9 Å². The molecule has 1 N–H and O–H groups in total. The Balaban J connectivity index is 2.42. The van der Waals surface area contributed by atoms with Crippen molar-refractivity contribution in [2.24, 2.45) is 23.7 Å². The SMILES string of the molecule is CC(C)CCCCCCC(OC(=O)C1CCCCC1C(=O)O)C(C)C. The van der Waals surface area contributed by atoms with Crippen LogP contribution in [0.2, 0.25) is 0 Å². The molecule has 0 aliphatic heterocycles. The molecule has 0 radical (unpaired) electrons. The van der Waals surface area contributed by atoms with Gasteiger partial charge < -0.3 is 9.84 Å². The van der Waals surface area contributed by atoms with E-state index in [0.717, 1.165) is 31.6 Å². The van der Waals surface area contributed by atoms with Crippen molar-refractivity contribution in [2.75, 3.05) is 0 Å². The standard InChI is InChI=1S/C21H38O4/c1-15(2)11-7-5-6-8-14-19(16(3)4)25-21(24)18-13-10-9-12-17(18)20(22)23/h15-19H,5-14H2,1-4H3,(H,22,23). The first kappa shape index (κ1) is 22.0. The number of ether oxygens (including phenoxy) is 1. The monoisotopic (exact) mass is 354 g/mol. The molecule has 1 fully saturated rings. The molecule has 0 spiro atoms. The summed E-state index contributed by atoms with van der Waals surface area (Å²) in [4.78, 5) is 24.0. The summed E-state index contributed by atoms with van der Waals surface area (Å²) in [5.41, 5.74) is 0. The number of hydrogen-bond acceptors (Lipinski definition) is 3. The van der Waals surface area contributed by atoms with Crippen molar-refractivity contribution >= 4 is 11.9 Å². The number of carbonyl (C=O) groups excluding carboxylic acids is 1. The highest BCUT2D eigenvalue weighted by molar-refractivity contribution is 5.81. The Bertz CT molecular complexity index is 403. The topological polar surface area (TPSA) is 63.6 Å². The molecule has 1 rings (SSSR count). The van der Waals surface area contributed by atoms with Crippen molar-refractivity contribution in [3.05, 3.63) is 0 Å². The fourth-order valence-electron chi connectivity index (χ4n) is 3.73. The van der Waals surface area contributed by atoms with Crippen LogP contribution in [0.4, 0.5) is 0 Å². The van der Waals surface area contributed by atoms with E-state index in [1.165, 1.54) is 25.7 Å². The van der Waals surface area contributed by atoms with Crippen molar-refractivity contribution in [3.63, 3.8) is 0 Å². The second-order valence-corrected chi connectivity index (χ2v) is 8.44. The van der Waals surface area contributed by atoms with Gasteiger partial charge in [0.25, 0.3) is 0 Å². The van der Waals surface area contributed by atoms with E-state index in [0.29, 0.717) is 12.8 Å². The molecule has 3 unspecified atom stereocenters. The number of esters is 1. The highest BCUT2D eigenvalue weighted by Gasteiger charge is 2.37. The summed E-state index contributed by atoms with van der Waals surface area (Å²) in [5.74, 6) is -1.13. The predicted molar refractivity (Wildman–Crippen MR) is 100 cm³/mol. The lowest BCUT2D eigenvalue weighted by Crippen LogP contribution is -2.36. The van der Waals surface area contributed by atoms with Crippen molar-refractivity contribution in [2.45, 2.75) is 98.0 Å². The van der Waals surface area contributed by atoms with Gasteiger partial charge in [-0.05, 0) is 37.5 Å². The van der Waals surface area contributed by atoms with E-state index in [2.05, 4.69) is 27.7 Å². The average molecular weight is 355 g/mol. The van der Waals surface area contributed by atoms with E-state index < -0.39 is 17.8 Å². The number of carboxylic acids is 1. The Kier molecular flexibility index (Phi) is 10.1. The molecule has 1 saturated carbocycles. The number of carboxylic acid groups (broad SMARTS) is 1. The third-order valence-electron chi connectivity index (χ3n) is 5.42. The number of carbonyl (C=O) groups is 2. The van der Waals surface area contributed by atoms with Crippen LogP contribution in [-0.2, 0) is 14.3 Å². The molecule has 25 heavy (non-hydrogen) atoms.